The molecular weight excluding hydrogens is 341 g/mol. The summed E-state index contributed by atoms with van der Waals surface area (Å²) < 4.78 is 25.0. The van der Waals surface area contributed by atoms with Gasteiger partial charge in [0.1, 0.15) is 17.6 Å². The van der Waals surface area contributed by atoms with Crippen LogP contribution in [0, 0.1) is 17.1 Å². The fraction of sp³-hybridized carbons (Fsp3) is 0.294. The summed E-state index contributed by atoms with van der Waals surface area (Å²) >= 11 is 0. The Kier molecular flexibility index (Phi) is 5.24. The molecule has 1 aromatic carbocycles. The summed E-state index contributed by atoms with van der Waals surface area (Å²) in [6.07, 6.45) is 2.68. The number of halogens is 1. The van der Waals surface area contributed by atoms with Crippen LogP contribution in [0.4, 0.5) is 16.0 Å². The number of ether oxygens (including phenoxy) is 2. The van der Waals surface area contributed by atoms with Crippen LogP contribution in [-0.2, 0) is 4.74 Å². The number of carbonyl (C=O) groups excluding carboxylic acids is 1. The van der Waals surface area contributed by atoms with Crippen molar-refractivity contribution >= 4 is 17.5 Å². The molecule has 1 N–H and O–H groups in total. The van der Waals surface area contributed by atoms with E-state index in [1.54, 1.807) is 0 Å². The molecule has 0 aliphatic carbocycles. The first kappa shape index (κ1) is 17.6. The first-order chi connectivity index (χ1) is 12.6. The Morgan fingerprint density at radius 3 is 2.65 bits per heavy atom. The minimum Gasteiger partial charge on any atom is -0.495 e. The van der Waals surface area contributed by atoms with Crippen LogP contribution in [0.1, 0.15) is 15.9 Å². The quantitative estimate of drug-likeness (QED) is 0.889. The fourth-order valence-corrected chi connectivity index (χ4v) is 2.49. The van der Waals surface area contributed by atoms with Gasteiger partial charge in [-0.15, -0.1) is 0 Å². The average Bonchev–Trinajstić information content (AvgIpc) is 2.69. The van der Waals surface area contributed by atoms with Gasteiger partial charge in [-0.1, -0.05) is 0 Å². The lowest BCUT2D eigenvalue weighted by atomic mass is 10.1. The summed E-state index contributed by atoms with van der Waals surface area (Å²) in [4.78, 5) is 22.0. The summed E-state index contributed by atoms with van der Waals surface area (Å²) in [5, 5.41) is 11.6. The second-order valence-electron chi connectivity index (χ2n) is 5.47. The number of nitriles is 1. The fourth-order valence-electron chi connectivity index (χ4n) is 2.49. The molecule has 0 spiro atoms. The van der Waals surface area contributed by atoms with Gasteiger partial charge in [0.15, 0.2) is 0 Å². The lowest BCUT2D eigenvalue weighted by Crippen LogP contribution is -2.41. The Morgan fingerprint density at radius 1 is 1.35 bits per heavy atom. The molecule has 2 aromatic rings. The highest BCUT2D eigenvalue weighted by Gasteiger charge is 2.23. The predicted octanol–water partition coefficient (Wildman–Crippen LogP) is 1.71. The number of amides is 1. The molecule has 9 heteroatoms. The number of hydrogen-bond donors (Lipinski definition) is 1. The van der Waals surface area contributed by atoms with Crippen LogP contribution in [0.25, 0.3) is 0 Å². The predicted molar refractivity (Wildman–Crippen MR) is 89.7 cm³/mol. The van der Waals surface area contributed by atoms with Crippen molar-refractivity contribution in [3.05, 3.63) is 41.5 Å². The van der Waals surface area contributed by atoms with E-state index in [0.29, 0.717) is 31.9 Å². The van der Waals surface area contributed by atoms with Crippen LogP contribution in [0.3, 0.4) is 0 Å². The molecule has 1 saturated heterocycles. The molecule has 0 unspecified atom stereocenters. The minimum absolute atomic E-state index is 0.0740. The maximum atomic E-state index is 14.5. The lowest BCUT2D eigenvalue weighted by molar-refractivity contribution is 0.0299. The number of nitrogens with one attached hydrogen (secondary N) is 1. The second kappa shape index (κ2) is 7.76. The molecule has 1 aliphatic heterocycles. The molecule has 0 saturated carbocycles. The van der Waals surface area contributed by atoms with Crippen LogP contribution in [0.5, 0.6) is 5.75 Å². The van der Waals surface area contributed by atoms with E-state index in [4.69, 9.17) is 14.7 Å². The van der Waals surface area contributed by atoms with Crippen molar-refractivity contribution in [3.8, 4) is 11.8 Å². The van der Waals surface area contributed by atoms with Gasteiger partial charge in [-0.25, -0.2) is 14.4 Å². The van der Waals surface area contributed by atoms with Crippen molar-refractivity contribution < 1.29 is 18.7 Å². The summed E-state index contributed by atoms with van der Waals surface area (Å²) in [6.45, 7) is 1.69. The van der Waals surface area contributed by atoms with E-state index < -0.39 is 11.7 Å². The highest BCUT2D eigenvalue weighted by molar-refractivity contribution is 5.95. The highest BCUT2D eigenvalue weighted by atomic mass is 19.1. The zero-order chi connectivity index (χ0) is 18.5. The van der Waals surface area contributed by atoms with Crippen LogP contribution in [-0.4, -0.2) is 54.2 Å². The van der Waals surface area contributed by atoms with E-state index in [1.165, 1.54) is 30.5 Å². The molecule has 1 aromatic heterocycles. The molecule has 3 rings (SSSR count). The molecule has 0 radical (unpaired) electrons. The molecular formula is C17H16FN5O3. The monoisotopic (exact) mass is 357 g/mol. The standard InChI is InChI=1S/C17H16FN5O3/c1-25-15-6-12(16(24)23-2-4-26-5-3-23)13(18)7-14(15)22-17-20-9-11(8-19)10-21-17/h6-7,9-10H,2-5H2,1H3,(H,20,21,22). The Morgan fingerprint density at radius 2 is 2.04 bits per heavy atom. The SMILES string of the molecule is COc1cc(C(=O)N2CCOCC2)c(F)cc1Nc1ncc(C#N)cn1. The van der Waals surface area contributed by atoms with Crippen molar-refractivity contribution in [3.63, 3.8) is 0 Å². The van der Waals surface area contributed by atoms with Gasteiger partial charge < -0.3 is 19.7 Å². The maximum absolute atomic E-state index is 14.5. The number of aromatic nitrogens is 2. The Hall–Kier alpha value is -3.25. The lowest BCUT2D eigenvalue weighted by Gasteiger charge is -2.27. The molecule has 2 heterocycles. The minimum atomic E-state index is -0.682. The molecule has 1 amide bonds. The number of carbonyl (C=O) groups is 1. The Labute approximate surface area is 149 Å². The van der Waals surface area contributed by atoms with E-state index in [1.807, 2.05) is 6.07 Å². The van der Waals surface area contributed by atoms with Crippen LogP contribution < -0.4 is 10.1 Å². The number of methoxy groups -OCH3 is 1. The van der Waals surface area contributed by atoms with Gasteiger partial charge in [-0.2, -0.15) is 5.26 Å². The van der Waals surface area contributed by atoms with Crippen LogP contribution in [0.15, 0.2) is 24.5 Å². The molecule has 1 fully saturated rings. The van der Waals surface area contributed by atoms with E-state index in [-0.39, 0.29) is 22.9 Å². The summed E-state index contributed by atoms with van der Waals surface area (Å²) in [5.41, 5.74) is 0.503. The topological polar surface area (TPSA) is 100 Å². The number of nitrogens with zero attached hydrogens (tertiary/aromatic N) is 4. The van der Waals surface area contributed by atoms with Gasteiger partial charge in [0, 0.05) is 19.2 Å². The summed E-state index contributed by atoms with van der Waals surface area (Å²) in [7, 11) is 1.42. The van der Waals surface area contributed by atoms with E-state index in [9.17, 15) is 9.18 Å². The van der Waals surface area contributed by atoms with Gasteiger partial charge >= 0.3 is 0 Å². The number of morpholine rings is 1. The van der Waals surface area contributed by atoms with E-state index in [2.05, 4.69) is 15.3 Å². The number of benzene rings is 1. The van der Waals surface area contributed by atoms with Crippen molar-refractivity contribution in [1.82, 2.24) is 14.9 Å². The molecule has 0 atom stereocenters. The van der Waals surface area contributed by atoms with Gasteiger partial charge in [-0.05, 0) is 6.07 Å². The molecule has 0 bridgehead atoms. The normalized spacial score (nSPS) is 13.8. The van der Waals surface area contributed by atoms with E-state index in [0.717, 1.165) is 6.07 Å². The zero-order valence-electron chi connectivity index (χ0n) is 14.0. The third kappa shape index (κ3) is 3.70. The average molecular weight is 357 g/mol. The van der Waals surface area contributed by atoms with Gasteiger partial charge in [0.05, 0.1) is 49.5 Å². The van der Waals surface area contributed by atoms with Gasteiger partial charge in [0.2, 0.25) is 5.95 Å². The third-order valence-electron chi connectivity index (χ3n) is 3.85. The van der Waals surface area contributed by atoms with Crippen molar-refractivity contribution in [1.29, 1.82) is 5.26 Å². The molecule has 1 aliphatic rings. The molecule has 134 valence electrons. The van der Waals surface area contributed by atoms with Crippen molar-refractivity contribution in [2.75, 3.05) is 38.7 Å². The zero-order valence-corrected chi connectivity index (χ0v) is 14.0. The maximum Gasteiger partial charge on any atom is 0.257 e. The number of rotatable bonds is 4. The molecule has 26 heavy (non-hydrogen) atoms. The second-order valence-corrected chi connectivity index (χ2v) is 5.47. The summed E-state index contributed by atoms with van der Waals surface area (Å²) in [6, 6.07) is 4.42. The third-order valence-corrected chi connectivity index (χ3v) is 3.85. The highest BCUT2D eigenvalue weighted by Crippen LogP contribution is 2.30. The van der Waals surface area contributed by atoms with Gasteiger partial charge in [-0.3, -0.25) is 4.79 Å². The van der Waals surface area contributed by atoms with E-state index >= 15 is 0 Å². The number of anilines is 2. The van der Waals surface area contributed by atoms with Crippen molar-refractivity contribution in [2.45, 2.75) is 0 Å². The summed E-state index contributed by atoms with van der Waals surface area (Å²) in [5.74, 6) is -0.645. The Balaban J connectivity index is 1.86. The van der Waals surface area contributed by atoms with Crippen molar-refractivity contribution in [2.24, 2.45) is 0 Å². The number of hydrogen-bond acceptors (Lipinski definition) is 7. The largest absolute Gasteiger partial charge is 0.495 e. The van der Waals surface area contributed by atoms with Crippen LogP contribution in [0.2, 0.25) is 0 Å². The smallest absolute Gasteiger partial charge is 0.257 e. The first-order valence-corrected chi connectivity index (χ1v) is 7.86. The van der Waals surface area contributed by atoms with Gasteiger partial charge in [0.25, 0.3) is 5.91 Å². The van der Waals surface area contributed by atoms with Crippen LogP contribution >= 0.6 is 0 Å². The first-order valence-electron chi connectivity index (χ1n) is 7.86. The molecule has 8 nitrogen and oxygen atoms in total. The Bertz CT molecular complexity index is 845.